The van der Waals surface area contributed by atoms with E-state index in [4.69, 9.17) is 5.73 Å². The fraction of sp³-hybridized carbons (Fsp3) is 0.421. The van der Waals surface area contributed by atoms with E-state index in [2.05, 4.69) is 10.3 Å². The number of rotatable bonds is 6. The normalized spacial score (nSPS) is 15.9. The predicted octanol–water partition coefficient (Wildman–Crippen LogP) is 3.11. The van der Waals surface area contributed by atoms with Gasteiger partial charge in [0.25, 0.3) is 5.91 Å². The first-order valence-electron chi connectivity index (χ1n) is 8.98. The molecule has 2 heterocycles. The lowest BCUT2D eigenvalue weighted by atomic mass is 10.0. The Labute approximate surface area is 181 Å². The smallest absolute Gasteiger partial charge is 0.265 e. The van der Waals surface area contributed by atoms with Crippen LogP contribution in [0.1, 0.15) is 35.4 Å². The van der Waals surface area contributed by atoms with Gasteiger partial charge in [0, 0.05) is 37.7 Å². The van der Waals surface area contributed by atoms with Gasteiger partial charge in [-0.2, -0.15) is 0 Å². The minimum atomic E-state index is -0.0605. The van der Waals surface area contributed by atoms with E-state index >= 15 is 0 Å². The van der Waals surface area contributed by atoms with E-state index in [0.717, 1.165) is 36.4 Å². The third-order valence-corrected chi connectivity index (χ3v) is 5.57. The van der Waals surface area contributed by atoms with Crippen LogP contribution in [0.4, 0.5) is 0 Å². The lowest BCUT2D eigenvalue weighted by molar-refractivity contribution is -0.121. The molecule has 2 aromatic rings. The molecular formula is C19H26Cl2N4O2S. The molecule has 0 saturated carbocycles. The van der Waals surface area contributed by atoms with E-state index in [9.17, 15) is 9.59 Å². The number of amides is 2. The van der Waals surface area contributed by atoms with Crippen LogP contribution in [0, 0.1) is 0 Å². The fourth-order valence-corrected chi connectivity index (χ4v) is 4.04. The Morgan fingerprint density at radius 3 is 2.68 bits per heavy atom. The number of hydrogen-bond donors (Lipinski definition) is 2. The van der Waals surface area contributed by atoms with Crippen molar-refractivity contribution in [3.63, 3.8) is 0 Å². The molecule has 1 fully saturated rings. The number of hydrogen-bond acceptors (Lipinski definition) is 5. The number of piperidine rings is 1. The highest BCUT2D eigenvalue weighted by molar-refractivity contribution is 7.16. The van der Waals surface area contributed by atoms with Crippen molar-refractivity contribution < 1.29 is 9.59 Å². The van der Waals surface area contributed by atoms with E-state index in [0.29, 0.717) is 24.4 Å². The summed E-state index contributed by atoms with van der Waals surface area (Å²) in [4.78, 5) is 31.6. The summed E-state index contributed by atoms with van der Waals surface area (Å²) in [5.41, 5.74) is 6.42. The Morgan fingerprint density at radius 1 is 1.21 bits per heavy atom. The Hall–Kier alpha value is -1.67. The lowest BCUT2D eigenvalue weighted by Gasteiger charge is -2.35. The molecule has 9 heteroatoms. The molecule has 1 aromatic heterocycles. The highest BCUT2D eigenvalue weighted by atomic mass is 35.5. The summed E-state index contributed by atoms with van der Waals surface area (Å²) in [5.74, 6) is -0.0583. The first-order valence-corrected chi connectivity index (χ1v) is 9.79. The third-order valence-electron chi connectivity index (χ3n) is 4.53. The monoisotopic (exact) mass is 444 g/mol. The minimum Gasteiger partial charge on any atom is -0.354 e. The molecule has 1 aromatic carbocycles. The first-order chi connectivity index (χ1) is 12.7. The molecule has 0 spiro atoms. The van der Waals surface area contributed by atoms with Gasteiger partial charge >= 0.3 is 0 Å². The lowest BCUT2D eigenvalue weighted by Crippen LogP contribution is -2.49. The van der Waals surface area contributed by atoms with E-state index < -0.39 is 0 Å². The van der Waals surface area contributed by atoms with Gasteiger partial charge in [-0.25, -0.2) is 4.98 Å². The van der Waals surface area contributed by atoms with Gasteiger partial charge in [0.05, 0.1) is 6.20 Å². The van der Waals surface area contributed by atoms with Gasteiger partial charge in [0.2, 0.25) is 5.91 Å². The molecule has 0 radical (unpaired) electrons. The maximum atomic E-state index is 13.0. The number of aromatic nitrogens is 1. The van der Waals surface area contributed by atoms with Crippen LogP contribution in [-0.4, -0.2) is 47.4 Å². The van der Waals surface area contributed by atoms with E-state index in [1.54, 1.807) is 6.20 Å². The molecule has 1 aliphatic heterocycles. The molecule has 1 aliphatic rings. The molecule has 2 amide bonds. The number of nitrogens with one attached hydrogen (secondary N) is 1. The first kappa shape index (κ1) is 24.4. The maximum Gasteiger partial charge on any atom is 0.265 e. The SMILES string of the molecule is Cl.Cl.NCCC(=O)NCC1CCCCN1C(=O)c1cnc(-c2ccccc2)s1. The van der Waals surface area contributed by atoms with Crippen molar-refractivity contribution in [1.29, 1.82) is 0 Å². The average Bonchev–Trinajstić information content (AvgIpc) is 3.17. The molecule has 1 saturated heterocycles. The van der Waals surface area contributed by atoms with Gasteiger partial charge in [-0.1, -0.05) is 30.3 Å². The van der Waals surface area contributed by atoms with Crippen molar-refractivity contribution in [1.82, 2.24) is 15.2 Å². The number of benzene rings is 1. The Balaban J connectivity index is 0.00000196. The van der Waals surface area contributed by atoms with Gasteiger partial charge in [-0.15, -0.1) is 36.2 Å². The van der Waals surface area contributed by atoms with Crippen molar-refractivity contribution in [2.45, 2.75) is 31.7 Å². The molecule has 6 nitrogen and oxygen atoms in total. The average molecular weight is 445 g/mol. The molecule has 1 unspecified atom stereocenters. The highest BCUT2D eigenvalue weighted by Gasteiger charge is 2.29. The van der Waals surface area contributed by atoms with Crippen LogP contribution in [0.5, 0.6) is 0 Å². The van der Waals surface area contributed by atoms with Gasteiger partial charge in [0.15, 0.2) is 0 Å². The Kier molecular flexibility index (Phi) is 10.5. The van der Waals surface area contributed by atoms with Crippen LogP contribution >= 0.6 is 36.2 Å². The number of thiazole rings is 1. The maximum absolute atomic E-state index is 13.0. The van der Waals surface area contributed by atoms with E-state index in [1.165, 1.54) is 11.3 Å². The zero-order chi connectivity index (χ0) is 18.4. The second-order valence-electron chi connectivity index (χ2n) is 6.39. The fourth-order valence-electron chi connectivity index (χ4n) is 3.16. The predicted molar refractivity (Wildman–Crippen MR) is 117 cm³/mol. The Bertz CT molecular complexity index is 757. The summed E-state index contributed by atoms with van der Waals surface area (Å²) in [5, 5.41) is 3.74. The van der Waals surface area contributed by atoms with Crippen molar-refractivity contribution in [2.24, 2.45) is 5.73 Å². The van der Waals surface area contributed by atoms with Gasteiger partial charge in [0.1, 0.15) is 9.88 Å². The summed E-state index contributed by atoms with van der Waals surface area (Å²) in [6.07, 6.45) is 4.94. The van der Waals surface area contributed by atoms with Crippen molar-refractivity contribution in [2.75, 3.05) is 19.6 Å². The number of carbonyl (C=O) groups excluding carboxylic acids is 2. The van der Waals surface area contributed by atoms with Gasteiger partial charge in [-0.3, -0.25) is 9.59 Å². The molecule has 154 valence electrons. The molecule has 28 heavy (non-hydrogen) atoms. The molecule has 3 N–H and O–H groups in total. The van der Waals surface area contributed by atoms with Gasteiger partial charge in [-0.05, 0) is 19.3 Å². The number of halogens is 2. The zero-order valence-electron chi connectivity index (χ0n) is 15.5. The third kappa shape index (κ3) is 6.17. The molecule has 0 aliphatic carbocycles. The van der Waals surface area contributed by atoms with Crippen LogP contribution in [0.15, 0.2) is 36.5 Å². The molecule has 0 bridgehead atoms. The van der Waals surface area contributed by atoms with Crippen molar-refractivity contribution in [3.8, 4) is 10.6 Å². The van der Waals surface area contributed by atoms with Gasteiger partial charge < -0.3 is 16.0 Å². The summed E-state index contributed by atoms with van der Waals surface area (Å²) in [6, 6.07) is 9.89. The van der Waals surface area contributed by atoms with Crippen LogP contribution in [0.2, 0.25) is 0 Å². The standard InChI is InChI=1S/C19H24N4O2S.2ClH/c20-10-9-17(24)21-12-15-8-4-5-11-23(15)19(25)16-13-22-18(26-16)14-6-2-1-3-7-14;;/h1-3,6-7,13,15H,4-5,8-12,20H2,(H,21,24);2*1H. The van der Waals surface area contributed by atoms with Crippen LogP contribution < -0.4 is 11.1 Å². The van der Waals surface area contributed by atoms with Crippen LogP contribution in [0.3, 0.4) is 0 Å². The van der Waals surface area contributed by atoms with Crippen molar-refractivity contribution in [3.05, 3.63) is 41.4 Å². The van der Waals surface area contributed by atoms with Crippen LogP contribution in [-0.2, 0) is 4.79 Å². The number of nitrogens with two attached hydrogens (primary N) is 1. The molecule has 3 rings (SSSR count). The summed E-state index contributed by atoms with van der Waals surface area (Å²) in [6.45, 7) is 1.53. The van der Waals surface area contributed by atoms with E-state index in [-0.39, 0.29) is 42.7 Å². The second kappa shape index (κ2) is 12.0. The number of nitrogens with zero attached hydrogens (tertiary/aromatic N) is 2. The summed E-state index contributed by atoms with van der Waals surface area (Å²) >= 11 is 1.42. The summed E-state index contributed by atoms with van der Waals surface area (Å²) < 4.78 is 0. The highest BCUT2D eigenvalue weighted by Crippen LogP contribution is 2.27. The quantitative estimate of drug-likeness (QED) is 0.715. The summed E-state index contributed by atoms with van der Waals surface area (Å²) in [7, 11) is 0. The minimum absolute atomic E-state index is 0. The number of likely N-dealkylation sites (tertiary alicyclic amines) is 1. The largest absolute Gasteiger partial charge is 0.354 e. The van der Waals surface area contributed by atoms with Crippen LogP contribution in [0.25, 0.3) is 10.6 Å². The van der Waals surface area contributed by atoms with E-state index in [1.807, 2.05) is 35.2 Å². The molecule has 1 atom stereocenters. The van der Waals surface area contributed by atoms with Crippen molar-refractivity contribution >= 4 is 48.0 Å². The number of carbonyl (C=O) groups is 2. The zero-order valence-corrected chi connectivity index (χ0v) is 18.0. The molecular weight excluding hydrogens is 419 g/mol. The second-order valence-corrected chi connectivity index (χ2v) is 7.42. The topological polar surface area (TPSA) is 88.3 Å². The Morgan fingerprint density at radius 2 is 1.96 bits per heavy atom.